The SMILES string of the molecule is Nc1nc(C(C=O)=NOCc2nn[nH]n2)cs1. The number of carbonyl (C=O) groups excluding carboxylic acids is 1. The molecule has 0 fully saturated rings. The number of nitrogen functional groups attached to an aromatic ring is 1. The fourth-order valence-electron chi connectivity index (χ4n) is 0.937. The molecule has 0 aromatic carbocycles. The first-order chi connectivity index (χ1) is 8.29. The van der Waals surface area contributed by atoms with Crippen LogP contribution in [0.25, 0.3) is 0 Å². The van der Waals surface area contributed by atoms with Crippen molar-refractivity contribution in [3.63, 3.8) is 0 Å². The molecule has 3 N–H and O–H groups in total. The molecule has 9 nitrogen and oxygen atoms in total. The van der Waals surface area contributed by atoms with Crippen molar-refractivity contribution in [1.82, 2.24) is 25.6 Å². The molecule has 0 radical (unpaired) electrons. The Labute approximate surface area is 98.7 Å². The number of thiazole rings is 1. The number of tetrazole rings is 1. The Bertz CT molecular complexity index is 520. The quantitative estimate of drug-likeness (QED) is 0.411. The van der Waals surface area contributed by atoms with Gasteiger partial charge in [0.15, 0.2) is 23.7 Å². The first kappa shape index (κ1) is 11.1. The summed E-state index contributed by atoms with van der Waals surface area (Å²) in [5.74, 6) is 0.330. The number of carbonyl (C=O) groups is 1. The first-order valence-corrected chi connectivity index (χ1v) is 5.26. The van der Waals surface area contributed by atoms with Crippen LogP contribution in [0.1, 0.15) is 11.5 Å². The number of nitrogens with zero attached hydrogens (tertiary/aromatic N) is 5. The molecule has 0 saturated heterocycles. The van der Waals surface area contributed by atoms with E-state index in [1.54, 1.807) is 5.38 Å². The van der Waals surface area contributed by atoms with Gasteiger partial charge in [-0.3, -0.25) is 4.79 Å². The second kappa shape index (κ2) is 5.12. The summed E-state index contributed by atoms with van der Waals surface area (Å²) < 4.78 is 0. The zero-order valence-corrected chi connectivity index (χ0v) is 9.22. The fraction of sp³-hybridized carbons (Fsp3) is 0.143. The largest absolute Gasteiger partial charge is 0.387 e. The van der Waals surface area contributed by atoms with Gasteiger partial charge in [0.1, 0.15) is 5.69 Å². The van der Waals surface area contributed by atoms with Crippen molar-refractivity contribution < 1.29 is 9.63 Å². The number of aldehydes is 1. The van der Waals surface area contributed by atoms with Gasteiger partial charge in [0.25, 0.3) is 0 Å². The minimum atomic E-state index is 0.00740. The van der Waals surface area contributed by atoms with Crippen LogP contribution in [-0.4, -0.2) is 37.6 Å². The summed E-state index contributed by atoms with van der Waals surface area (Å²) in [4.78, 5) is 19.6. The van der Waals surface area contributed by atoms with E-state index in [-0.39, 0.29) is 12.3 Å². The molecule has 0 unspecified atom stereocenters. The van der Waals surface area contributed by atoms with Crippen molar-refractivity contribution in [1.29, 1.82) is 0 Å². The maximum Gasteiger partial charge on any atom is 0.214 e. The predicted molar refractivity (Wildman–Crippen MR) is 58.1 cm³/mol. The van der Waals surface area contributed by atoms with Crippen LogP contribution < -0.4 is 5.73 Å². The molecule has 0 aliphatic rings. The Balaban J connectivity index is 2.01. The van der Waals surface area contributed by atoms with Crippen LogP contribution in [0.15, 0.2) is 10.5 Å². The van der Waals surface area contributed by atoms with Crippen LogP contribution in [0.3, 0.4) is 0 Å². The highest BCUT2D eigenvalue weighted by Crippen LogP contribution is 2.11. The molecule has 10 heteroatoms. The first-order valence-electron chi connectivity index (χ1n) is 4.38. The maximum absolute atomic E-state index is 10.8. The molecule has 2 rings (SSSR count). The van der Waals surface area contributed by atoms with E-state index in [9.17, 15) is 4.79 Å². The van der Waals surface area contributed by atoms with Gasteiger partial charge in [-0.2, -0.15) is 5.21 Å². The summed E-state index contributed by atoms with van der Waals surface area (Å²) in [6.45, 7) is 0.00740. The molecule has 2 aromatic rings. The number of hydrogen-bond donors (Lipinski definition) is 2. The molecule has 0 aliphatic carbocycles. The highest BCUT2D eigenvalue weighted by Gasteiger charge is 2.07. The van der Waals surface area contributed by atoms with Crippen molar-refractivity contribution in [3.05, 3.63) is 16.9 Å². The molecule has 0 bridgehead atoms. The van der Waals surface area contributed by atoms with E-state index in [0.29, 0.717) is 22.9 Å². The third kappa shape index (κ3) is 2.81. The molecule has 0 amide bonds. The van der Waals surface area contributed by atoms with Gasteiger partial charge in [-0.1, -0.05) is 10.4 Å². The van der Waals surface area contributed by atoms with Crippen LogP contribution >= 0.6 is 11.3 Å². The molecule has 0 spiro atoms. The summed E-state index contributed by atoms with van der Waals surface area (Å²) in [7, 11) is 0. The number of hydrogen-bond acceptors (Lipinski definition) is 9. The lowest BCUT2D eigenvalue weighted by molar-refractivity contribution is -0.102. The van der Waals surface area contributed by atoms with E-state index in [1.807, 2.05) is 0 Å². The second-order valence-corrected chi connectivity index (χ2v) is 3.66. The molecule has 0 aliphatic heterocycles. The third-order valence-electron chi connectivity index (χ3n) is 1.64. The fourth-order valence-corrected chi connectivity index (χ4v) is 1.49. The molecule has 0 saturated carbocycles. The summed E-state index contributed by atoms with van der Waals surface area (Å²) >= 11 is 1.21. The molecule has 2 heterocycles. The third-order valence-corrected chi connectivity index (χ3v) is 2.32. The second-order valence-electron chi connectivity index (χ2n) is 2.77. The molecule has 2 aromatic heterocycles. The zero-order valence-electron chi connectivity index (χ0n) is 8.40. The number of oxime groups is 1. The molecule has 88 valence electrons. The van der Waals surface area contributed by atoms with E-state index in [2.05, 4.69) is 30.8 Å². The average Bonchev–Trinajstić information content (AvgIpc) is 2.96. The topological polar surface area (TPSA) is 132 Å². The lowest BCUT2D eigenvalue weighted by atomic mass is 10.3. The lowest BCUT2D eigenvalue weighted by Crippen LogP contribution is -2.04. The van der Waals surface area contributed by atoms with Gasteiger partial charge in [0, 0.05) is 5.38 Å². The van der Waals surface area contributed by atoms with Crippen LogP contribution in [0.5, 0.6) is 0 Å². The smallest absolute Gasteiger partial charge is 0.214 e. The number of aromatic nitrogens is 5. The normalized spacial score (nSPS) is 11.4. The summed E-state index contributed by atoms with van der Waals surface area (Å²) in [5.41, 5.74) is 5.87. The van der Waals surface area contributed by atoms with E-state index in [0.717, 1.165) is 0 Å². The summed E-state index contributed by atoms with van der Waals surface area (Å²) in [5, 5.41) is 18.5. The van der Waals surface area contributed by atoms with Crippen molar-refractivity contribution in [2.24, 2.45) is 5.16 Å². The molecule has 17 heavy (non-hydrogen) atoms. The molecule has 0 atom stereocenters. The van der Waals surface area contributed by atoms with Gasteiger partial charge in [0.05, 0.1) is 0 Å². The van der Waals surface area contributed by atoms with Gasteiger partial charge in [-0.05, 0) is 0 Å². The number of rotatable bonds is 5. The van der Waals surface area contributed by atoms with Gasteiger partial charge in [-0.25, -0.2) is 4.98 Å². The Hall–Kier alpha value is -2.36. The van der Waals surface area contributed by atoms with Crippen LogP contribution in [-0.2, 0) is 16.2 Å². The highest BCUT2D eigenvalue weighted by molar-refractivity contribution is 7.13. The summed E-state index contributed by atoms with van der Waals surface area (Å²) in [6, 6.07) is 0. The Kier molecular flexibility index (Phi) is 3.35. The van der Waals surface area contributed by atoms with Crippen LogP contribution in [0.2, 0.25) is 0 Å². The van der Waals surface area contributed by atoms with E-state index in [4.69, 9.17) is 10.6 Å². The monoisotopic (exact) mass is 253 g/mol. The Morgan fingerprint density at radius 2 is 2.59 bits per heavy atom. The Morgan fingerprint density at radius 1 is 1.71 bits per heavy atom. The summed E-state index contributed by atoms with van der Waals surface area (Å²) in [6.07, 6.45) is 0.532. The van der Waals surface area contributed by atoms with Crippen molar-refractivity contribution >= 4 is 28.5 Å². The number of nitrogens with one attached hydrogen (secondary N) is 1. The van der Waals surface area contributed by atoms with Gasteiger partial charge in [0.2, 0.25) is 5.82 Å². The minimum Gasteiger partial charge on any atom is -0.387 e. The van der Waals surface area contributed by atoms with Gasteiger partial charge >= 0.3 is 0 Å². The van der Waals surface area contributed by atoms with Crippen molar-refractivity contribution in [3.8, 4) is 0 Å². The van der Waals surface area contributed by atoms with Crippen LogP contribution in [0, 0.1) is 0 Å². The minimum absolute atomic E-state index is 0.00740. The number of anilines is 1. The predicted octanol–water partition coefficient (Wildman–Crippen LogP) is -0.642. The Morgan fingerprint density at radius 3 is 3.18 bits per heavy atom. The van der Waals surface area contributed by atoms with Crippen molar-refractivity contribution in [2.45, 2.75) is 6.61 Å². The zero-order chi connectivity index (χ0) is 12.1. The van der Waals surface area contributed by atoms with E-state index < -0.39 is 0 Å². The maximum atomic E-state index is 10.8. The molecular weight excluding hydrogens is 246 g/mol. The number of nitrogens with two attached hydrogens (primary N) is 1. The highest BCUT2D eigenvalue weighted by atomic mass is 32.1. The van der Waals surface area contributed by atoms with Gasteiger partial charge in [-0.15, -0.1) is 21.5 Å². The van der Waals surface area contributed by atoms with Gasteiger partial charge < -0.3 is 10.6 Å². The number of H-pyrrole nitrogens is 1. The van der Waals surface area contributed by atoms with Crippen LogP contribution in [0.4, 0.5) is 5.13 Å². The van der Waals surface area contributed by atoms with Crippen molar-refractivity contribution in [2.75, 3.05) is 5.73 Å². The lowest BCUT2D eigenvalue weighted by Gasteiger charge is -1.95. The van der Waals surface area contributed by atoms with E-state index in [1.165, 1.54) is 11.3 Å². The molecular formula is C7H7N7O2S. The standard InChI is InChI=1S/C7H7N7O2S/c8-7-9-5(3-17-7)4(1-15)12-16-2-6-10-13-14-11-6/h1,3H,2H2,(H2,8,9)(H,10,11,13,14). The average molecular weight is 253 g/mol. The number of aromatic amines is 1. The van der Waals surface area contributed by atoms with E-state index >= 15 is 0 Å².